The Kier molecular flexibility index (Phi) is 6.22. The van der Waals surface area contributed by atoms with Gasteiger partial charge in [0, 0.05) is 18.7 Å². The Morgan fingerprint density at radius 3 is 2.17 bits per heavy atom. The summed E-state index contributed by atoms with van der Waals surface area (Å²) in [5, 5.41) is 2.91. The van der Waals surface area contributed by atoms with E-state index < -0.39 is 6.04 Å². The third-order valence-electron chi connectivity index (χ3n) is 5.07. The van der Waals surface area contributed by atoms with Crippen LogP contribution in [0.15, 0.2) is 48.5 Å². The lowest BCUT2D eigenvalue weighted by molar-refractivity contribution is -0.133. The molecule has 1 N–H and O–H groups in total. The van der Waals surface area contributed by atoms with Crippen molar-refractivity contribution in [2.75, 3.05) is 13.1 Å². The molecule has 6 heteroatoms. The summed E-state index contributed by atoms with van der Waals surface area (Å²) in [5.41, 5.74) is 4.29. The Morgan fingerprint density at radius 2 is 1.55 bits per heavy atom. The Labute approximate surface area is 171 Å². The summed E-state index contributed by atoms with van der Waals surface area (Å²) in [7, 11) is 0. The van der Waals surface area contributed by atoms with Gasteiger partial charge in [0.05, 0.1) is 22.4 Å². The molecule has 1 heterocycles. The summed E-state index contributed by atoms with van der Waals surface area (Å²) < 4.78 is 0. The third kappa shape index (κ3) is 4.42. The molecular formula is C23H26N4O2. The van der Waals surface area contributed by atoms with Crippen LogP contribution in [0.1, 0.15) is 47.2 Å². The quantitative estimate of drug-likeness (QED) is 0.698. The topological polar surface area (TPSA) is 75.2 Å². The smallest absolute Gasteiger partial charge is 0.252 e. The fraction of sp³-hybridized carbons (Fsp3) is 0.304. The standard InChI is InChI=1S/C23H26N4O2/c1-5-27(6-2)23(29)21(17-10-8-7-9-11-17)26-22(28)18-12-13-19-20(14-18)25-16(4)15(3)24-19/h7-14,21H,5-6H2,1-4H3,(H,26,28)/t21-/m0/s1. The Morgan fingerprint density at radius 1 is 0.931 bits per heavy atom. The van der Waals surface area contributed by atoms with Crippen LogP contribution in [-0.2, 0) is 4.79 Å². The van der Waals surface area contributed by atoms with E-state index in [-0.39, 0.29) is 11.8 Å². The molecule has 0 saturated carbocycles. The monoisotopic (exact) mass is 390 g/mol. The number of aromatic nitrogens is 2. The summed E-state index contributed by atoms with van der Waals surface area (Å²) in [6.07, 6.45) is 0. The van der Waals surface area contributed by atoms with Gasteiger partial charge in [-0.2, -0.15) is 0 Å². The number of nitrogens with one attached hydrogen (secondary N) is 1. The average molecular weight is 390 g/mol. The zero-order valence-corrected chi connectivity index (χ0v) is 17.3. The average Bonchev–Trinajstić information content (AvgIpc) is 2.73. The molecule has 29 heavy (non-hydrogen) atoms. The zero-order chi connectivity index (χ0) is 21.0. The van der Waals surface area contributed by atoms with Crippen molar-refractivity contribution in [3.63, 3.8) is 0 Å². The highest BCUT2D eigenvalue weighted by molar-refractivity contribution is 6.00. The van der Waals surface area contributed by atoms with Crippen LogP contribution in [0.25, 0.3) is 11.0 Å². The van der Waals surface area contributed by atoms with Crippen molar-refractivity contribution in [1.29, 1.82) is 0 Å². The highest BCUT2D eigenvalue weighted by Crippen LogP contribution is 2.19. The lowest BCUT2D eigenvalue weighted by Crippen LogP contribution is -2.42. The fourth-order valence-electron chi connectivity index (χ4n) is 3.24. The van der Waals surface area contributed by atoms with Crippen molar-refractivity contribution >= 4 is 22.8 Å². The van der Waals surface area contributed by atoms with Crippen LogP contribution in [0, 0.1) is 13.8 Å². The molecule has 6 nitrogen and oxygen atoms in total. The van der Waals surface area contributed by atoms with Crippen LogP contribution in [0.3, 0.4) is 0 Å². The van der Waals surface area contributed by atoms with Crippen molar-refractivity contribution in [1.82, 2.24) is 20.2 Å². The van der Waals surface area contributed by atoms with Gasteiger partial charge in [0.2, 0.25) is 5.91 Å². The summed E-state index contributed by atoms with van der Waals surface area (Å²) in [4.78, 5) is 36.8. The number of hydrogen-bond donors (Lipinski definition) is 1. The highest BCUT2D eigenvalue weighted by atomic mass is 16.2. The molecule has 3 aromatic rings. The summed E-state index contributed by atoms with van der Waals surface area (Å²) >= 11 is 0. The molecule has 0 spiro atoms. The van der Waals surface area contributed by atoms with E-state index in [0.29, 0.717) is 24.2 Å². The molecule has 0 unspecified atom stereocenters. The van der Waals surface area contributed by atoms with Crippen LogP contribution >= 0.6 is 0 Å². The molecule has 150 valence electrons. The van der Waals surface area contributed by atoms with Crippen molar-refractivity contribution in [2.24, 2.45) is 0 Å². The number of hydrogen-bond acceptors (Lipinski definition) is 4. The molecule has 0 aliphatic carbocycles. The second-order valence-electron chi connectivity index (χ2n) is 6.93. The van der Waals surface area contributed by atoms with Gasteiger partial charge in [-0.3, -0.25) is 9.59 Å². The van der Waals surface area contributed by atoms with Gasteiger partial charge in [-0.1, -0.05) is 30.3 Å². The van der Waals surface area contributed by atoms with Gasteiger partial charge in [0.15, 0.2) is 0 Å². The van der Waals surface area contributed by atoms with Crippen molar-refractivity contribution in [3.8, 4) is 0 Å². The molecule has 0 bridgehead atoms. The SMILES string of the molecule is CCN(CC)C(=O)[C@@H](NC(=O)c1ccc2nc(C)c(C)nc2c1)c1ccccc1. The van der Waals surface area contributed by atoms with Crippen molar-refractivity contribution < 1.29 is 9.59 Å². The molecule has 0 aliphatic rings. The molecular weight excluding hydrogens is 364 g/mol. The first kappa shape index (κ1) is 20.5. The summed E-state index contributed by atoms with van der Waals surface area (Å²) in [5.74, 6) is -0.442. The predicted molar refractivity (Wildman–Crippen MR) is 114 cm³/mol. The van der Waals surface area contributed by atoms with E-state index in [1.807, 2.05) is 58.0 Å². The number of rotatable bonds is 6. The van der Waals surface area contributed by atoms with Crippen LogP contribution in [0.5, 0.6) is 0 Å². The van der Waals surface area contributed by atoms with Crippen LogP contribution in [0.2, 0.25) is 0 Å². The second kappa shape index (κ2) is 8.82. The predicted octanol–water partition coefficient (Wildman–Crippen LogP) is 3.59. The van der Waals surface area contributed by atoms with E-state index in [1.165, 1.54) is 0 Å². The highest BCUT2D eigenvalue weighted by Gasteiger charge is 2.26. The van der Waals surface area contributed by atoms with Crippen LogP contribution < -0.4 is 5.32 Å². The molecule has 1 atom stereocenters. The fourth-order valence-corrected chi connectivity index (χ4v) is 3.24. The Hall–Kier alpha value is -3.28. The lowest BCUT2D eigenvalue weighted by atomic mass is 10.0. The maximum Gasteiger partial charge on any atom is 0.252 e. The minimum absolute atomic E-state index is 0.124. The van der Waals surface area contributed by atoms with Crippen LogP contribution in [-0.4, -0.2) is 39.8 Å². The normalized spacial score (nSPS) is 11.9. The van der Waals surface area contributed by atoms with E-state index >= 15 is 0 Å². The largest absolute Gasteiger partial charge is 0.341 e. The maximum atomic E-state index is 13.1. The van der Waals surface area contributed by atoms with E-state index in [1.54, 1.807) is 23.1 Å². The number of amides is 2. The van der Waals surface area contributed by atoms with Gasteiger partial charge in [-0.15, -0.1) is 0 Å². The third-order valence-corrected chi connectivity index (χ3v) is 5.07. The molecule has 3 rings (SSSR count). The first-order valence-electron chi connectivity index (χ1n) is 9.84. The minimum atomic E-state index is -0.745. The molecule has 2 aromatic carbocycles. The number of carbonyl (C=O) groups excluding carboxylic acids is 2. The van der Waals surface area contributed by atoms with E-state index in [9.17, 15) is 9.59 Å². The summed E-state index contributed by atoms with van der Waals surface area (Å²) in [6, 6.07) is 13.8. The van der Waals surface area contributed by atoms with Gasteiger partial charge in [-0.25, -0.2) is 9.97 Å². The number of fused-ring (bicyclic) bond motifs is 1. The first-order valence-corrected chi connectivity index (χ1v) is 9.84. The number of benzene rings is 2. The van der Waals surface area contributed by atoms with Gasteiger partial charge in [-0.05, 0) is 51.5 Å². The van der Waals surface area contributed by atoms with Crippen LogP contribution in [0.4, 0.5) is 0 Å². The maximum absolute atomic E-state index is 13.1. The van der Waals surface area contributed by atoms with Crippen molar-refractivity contribution in [2.45, 2.75) is 33.7 Å². The number of aryl methyl sites for hydroxylation is 2. The molecule has 0 fully saturated rings. The number of likely N-dealkylation sites (N-methyl/N-ethyl adjacent to an activating group) is 1. The number of nitrogens with zero attached hydrogens (tertiary/aromatic N) is 3. The molecule has 2 amide bonds. The number of carbonyl (C=O) groups is 2. The van der Waals surface area contributed by atoms with Gasteiger partial charge < -0.3 is 10.2 Å². The molecule has 1 aromatic heterocycles. The van der Waals surface area contributed by atoms with Gasteiger partial charge in [0.25, 0.3) is 5.91 Å². The summed E-state index contributed by atoms with van der Waals surface area (Å²) in [6.45, 7) is 8.82. The molecule has 0 radical (unpaired) electrons. The van der Waals surface area contributed by atoms with E-state index in [4.69, 9.17) is 0 Å². The minimum Gasteiger partial charge on any atom is -0.341 e. The second-order valence-corrected chi connectivity index (χ2v) is 6.93. The Bertz CT molecular complexity index is 1030. The van der Waals surface area contributed by atoms with Gasteiger partial charge >= 0.3 is 0 Å². The molecule has 0 saturated heterocycles. The molecule has 0 aliphatic heterocycles. The first-order chi connectivity index (χ1) is 13.9. The van der Waals surface area contributed by atoms with E-state index in [0.717, 1.165) is 22.5 Å². The Balaban J connectivity index is 1.93. The van der Waals surface area contributed by atoms with Gasteiger partial charge in [0.1, 0.15) is 6.04 Å². The lowest BCUT2D eigenvalue weighted by Gasteiger charge is -2.26. The van der Waals surface area contributed by atoms with Crippen molar-refractivity contribution in [3.05, 3.63) is 71.0 Å². The van der Waals surface area contributed by atoms with E-state index in [2.05, 4.69) is 15.3 Å². The zero-order valence-electron chi connectivity index (χ0n) is 17.3.